The number of hydrogen-bond donors (Lipinski definition) is 0. The molecule has 0 aliphatic heterocycles. The molecule has 0 fully saturated rings. The summed E-state index contributed by atoms with van der Waals surface area (Å²) in [5.74, 6) is 1.98. The Balaban J connectivity index is 1.11. The van der Waals surface area contributed by atoms with Crippen LogP contribution in [0, 0.1) is 0 Å². The van der Waals surface area contributed by atoms with Crippen molar-refractivity contribution in [3.8, 4) is 67.5 Å². The van der Waals surface area contributed by atoms with E-state index in [0.29, 0.717) is 17.5 Å². The minimum Gasteiger partial charge on any atom is -0.208 e. The van der Waals surface area contributed by atoms with Gasteiger partial charge in [-0.1, -0.05) is 159 Å². The molecule has 1 aliphatic carbocycles. The minimum atomic E-state index is -0.0487. The van der Waals surface area contributed by atoms with Crippen LogP contribution < -0.4 is 0 Å². The molecular formula is C48H33N3S. The summed E-state index contributed by atoms with van der Waals surface area (Å²) in [6.07, 6.45) is 0. The van der Waals surface area contributed by atoms with Crippen LogP contribution in [0.25, 0.3) is 87.7 Å². The molecule has 0 saturated heterocycles. The fraction of sp³-hybridized carbons (Fsp3) is 0.0625. The van der Waals surface area contributed by atoms with Gasteiger partial charge < -0.3 is 0 Å². The van der Waals surface area contributed by atoms with E-state index in [1.807, 2.05) is 6.07 Å². The van der Waals surface area contributed by atoms with Crippen LogP contribution in [0.2, 0.25) is 0 Å². The Kier molecular flexibility index (Phi) is 7.02. The van der Waals surface area contributed by atoms with Crippen LogP contribution in [0.4, 0.5) is 0 Å². The number of aromatic nitrogens is 3. The molecule has 0 radical (unpaired) electrons. The molecule has 2 aromatic heterocycles. The first-order valence-electron chi connectivity index (χ1n) is 17.7. The molecule has 0 N–H and O–H groups in total. The number of fused-ring (bicyclic) bond motifs is 6. The Morgan fingerprint density at radius 1 is 0.385 bits per heavy atom. The average molecular weight is 684 g/mol. The quantitative estimate of drug-likeness (QED) is 0.181. The Hall–Kier alpha value is -6.23. The summed E-state index contributed by atoms with van der Waals surface area (Å²) in [6.45, 7) is 4.66. The molecule has 0 atom stereocenters. The lowest BCUT2D eigenvalue weighted by atomic mass is 9.81. The van der Waals surface area contributed by atoms with Crippen molar-refractivity contribution in [3.63, 3.8) is 0 Å². The van der Waals surface area contributed by atoms with Gasteiger partial charge in [0.1, 0.15) is 0 Å². The molecule has 0 unspecified atom stereocenters. The Morgan fingerprint density at radius 2 is 0.962 bits per heavy atom. The fourth-order valence-corrected chi connectivity index (χ4v) is 9.12. The van der Waals surface area contributed by atoms with Crippen LogP contribution in [0.15, 0.2) is 164 Å². The summed E-state index contributed by atoms with van der Waals surface area (Å²) < 4.78 is 2.43. The highest BCUT2D eigenvalue weighted by Crippen LogP contribution is 2.49. The van der Waals surface area contributed by atoms with Crippen molar-refractivity contribution in [3.05, 3.63) is 175 Å². The van der Waals surface area contributed by atoms with Crippen molar-refractivity contribution >= 4 is 31.5 Å². The third kappa shape index (κ3) is 4.90. The molecule has 0 amide bonds. The van der Waals surface area contributed by atoms with Gasteiger partial charge in [0.25, 0.3) is 0 Å². The zero-order valence-electron chi connectivity index (χ0n) is 28.8. The van der Waals surface area contributed by atoms with E-state index < -0.39 is 0 Å². The van der Waals surface area contributed by atoms with E-state index >= 15 is 0 Å². The molecule has 52 heavy (non-hydrogen) atoms. The minimum absolute atomic E-state index is 0.0487. The SMILES string of the molecule is CC1(C)c2ccccc2-c2ccc(-c3ccc(-c4nc(-c5ccccc5-c5ccccc5)nc(-c5cccc6c5sc5ccccc56)n4)cc3)cc21. The number of thiophene rings is 1. The van der Waals surface area contributed by atoms with Crippen LogP contribution >= 0.6 is 11.3 Å². The predicted molar refractivity (Wildman–Crippen MR) is 217 cm³/mol. The lowest BCUT2D eigenvalue weighted by Crippen LogP contribution is -2.14. The normalized spacial score (nSPS) is 13.0. The third-order valence-electron chi connectivity index (χ3n) is 10.6. The van der Waals surface area contributed by atoms with Crippen molar-refractivity contribution in [1.82, 2.24) is 15.0 Å². The predicted octanol–water partition coefficient (Wildman–Crippen LogP) is 12.9. The van der Waals surface area contributed by atoms with Crippen LogP contribution in [0.1, 0.15) is 25.0 Å². The lowest BCUT2D eigenvalue weighted by Gasteiger charge is -2.22. The van der Waals surface area contributed by atoms with Gasteiger partial charge in [-0.2, -0.15) is 0 Å². The largest absolute Gasteiger partial charge is 0.208 e. The first kappa shape index (κ1) is 30.6. The van der Waals surface area contributed by atoms with Gasteiger partial charge in [0.2, 0.25) is 0 Å². The highest BCUT2D eigenvalue weighted by molar-refractivity contribution is 7.26. The summed E-state index contributed by atoms with van der Waals surface area (Å²) in [7, 11) is 0. The number of benzene rings is 7. The van der Waals surface area contributed by atoms with Crippen molar-refractivity contribution in [2.75, 3.05) is 0 Å². The number of rotatable bonds is 5. The first-order chi connectivity index (χ1) is 25.5. The van der Waals surface area contributed by atoms with Crippen LogP contribution in [-0.4, -0.2) is 15.0 Å². The lowest BCUT2D eigenvalue weighted by molar-refractivity contribution is 0.660. The molecule has 0 spiro atoms. The summed E-state index contributed by atoms with van der Waals surface area (Å²) in [5.41, 5.74) is 12.9. The highest BCUT2D eigenvalue weighted by atomic mass is 32.1. The van der Waals surface area contributed by atoms with Gasteiger partial charge in [0.05, 0.1) is 0 Å². The molecule has 1 aliphatic rings. The van der Waals surface area contributed by atoms with Gasteiger partial charge in [-0.15, -0.1) is 11.3 Å². The zero-order chi connectivity index (χ0) is 34.8. The molecule has 0 saturated carbocycles. The maximum Gasteiger partial charge on any atom is 0.165 e. The maximum absolute atomic E-state index is 5.22. The Bertz CT molecular complexity index is 2810. The van der Waals surface area contributed by atoms with E-state index in [-0.39, 0.29) is 5.41 Å². The topological polar surface area (TPSA) is 38.7 Å². The van der Waals surface area contributed by atoms with Crippen molar-refractivity contribution in [2.45, 2.75) is 19.3 Å². The molecule has 7 aromatic carbocycles. The first-order valence-corrected chi connectivity index (χ1v) is 18.5. The van der Waals surface area contributed by atoms with Crippen molar-refractivity contribution < 1.29 is 0 Å². The molecule has 2 heterocycles. The third-order valence-corrected chi connectivity index (χ3v) is 11.8. The van der Waals surface area contributed by atoms with Gasteiger partial charge in [0, 0.05) is 42.3 Å². The second-order valence-electron chi connectivity index (χ2n) is 14.0. The Labute approximate surface area is 307 Å². The van der Waals surface area contributed by atoms with E-state index in [9.17, 15) is 0 Å². The zero-order valence-corrected chi connectivity index (χ0v) is 29.7. The van der Waals surface area contributed by atoms with E-state index in [4.69, 9.17) is 15.0 Å². The monoisotopic (exact) mass is 683 g/mol. The second kappa shape index (κ2) is 11.9. The van der Waals surface area contributed by atoms with Gasteiger partial charge >= 0.3 is 0 Å². The highest BCUT2D eigenvalue weighted by Gasteiger charge is 2.35. The molecular weight excluding hydrogens is 651 g/mol. The molecule has 0 bridgehead atoms. The molecule has 10 rings (SSSR count). The molecule has 3 nitrogen and oxygen atoms in total. The smallest absolute Gasteiger partial charge is 0.165 e. The van der Waals surface area contributed by atoms with Gasteiger partial charge in [-0.05, 0) is 62.7 Å². The van der Waals surface area contributed by atoms with Crippen LogP contribution in [-0.2, 0) is 5.41 Å². The summed E-state index contributed by atoms with van der Waals surface area (Å²) in [4.78, 5) is 15.6. The average Bonchev–Trinajstić information content (AvgIpc) is 3.70. The standard InChI is InChI=1S/C48H33N3S/c1-48(2)41-21-10-8-16-35(41)36-28-27-33(29-42(36)48)30-23-25-32(26-24-30)45-49-46(39-18-7-6-15-34(39)31-13-4-3-5-14-31)51-47(50-45)40-20-12-19-38-37-17-9-11-22-43(37)52-44(38)40/h3-29H,1-2H3. The summed E-state index contributed by atoms with van der Waals surface area (Å²) in [5, 5.41) is 2.47. The van der Waals surface area contributed by atoms with E-state index in [2.05, 4.69) is 172 Å². The van der Waals surface area contributed by atoms with Gasteiger partial charge in [0.15, 0.2) is 17.5 Å². The van der Waals surface area contributed by atoms with Crippen molar-refractivity contribution in [1.29, 1.82) is 0 Å². The van der Waals surface area contributed by atoms with Crippen LogP contribution in [0.5, 0.6) is 0 Å². The molecule has 9 aromatic rings. The Morgan fingerprint density at radius 3 is 1.79 bits per heavy atom. The van der Waals surface area contributed by atoms with Crippen LogP contribution in [0.3, 0.4) is 0 Å². The summed E-state index contributed by atoms with van der Waals surface area (Å²) >= 11 is 1.79. The molecule has 4 heteroatoms. The van der Waals surface area contributed by atoms with E-state index in [0.717, 1.165) is 33.4 Å². The van der Waals surface area contributed by atoms with Crippen molar-refractivity contribution in [2.24, 2.45) is 0 Å². The van der Waals surface area contributed by atoms with Gasteiger partial charge in [-0.25, -0.2) is 15.0 Å². The van der Waals surface area contributed by atoms with Gasteiger partial charge in [-0.3, -0.25) is 0 Å². The van der Waals surface area contributed by atoms with E-state index in [1.54, 1.807) is 11.3 Å². The summed E-state index contributed by atoms with van der Waals surface area (Å²) in [6, 6.07) is 58.3. The van der Waals surface area contributed by atoms with E-state index in [1.165, 1.54) is 48.0 Å². The second-order valence-corrected chi connectivity index (χ2v) is 15.1. The number of nitrogens with zero attached hydrogens (tertiary/aromatic N) is 3. The molecule has 246 valence electrons. The number of hydrogen-bond acceptors (Lipinski definition) is 4. The fourth-order valence-electron chi connectivity index (χ4n) is 7.91. The maximum atomic E-state index is 5.22.